The molecule has 0 aliphatic rings. The zero-order valence-electron chi connectivity index (χ0n) is 7.40. The zero-order valence-corrected chi connectivity index (χ0v) is 8.15. The Labute approximate surface area is 84.9 Å². The first-order valence-corrected chi connectivity index (χ1v) is 4.34. The third-order valence-corrected chi connectivity index (χ3v) is 2.16. The second-order valence-corrected chi connectivity index (χ2v) is 3.18. The van der Waals surface area contributed by atoms with E-state index < -0.39 is 18.3 Å². The van der Waals surface area contributed by atoms with E-state index in [1.54, 1.807) is 0 Å². The molecule has 0 aromatic heterocycles. The van der Waals surface area contributed by atoms with Gasteiger partial charge in [-0.25, -0.2) is 13.2 Å². The van der Waals surface area contributed by atoms with Crippen molar-refractivity contribution in [2.75, 3.05) is 7.05 Å². The van der Waals surface area contributed by atoms with Crippen molar-refractivity contribution in [1.29, 1.82) is 0 Å². The summed E-state index contributed by atoms with van der Waals surface area (Å²) in [6, 6.07) is 2.44. The molecule has 1 nitrogen and oxygen atoms in total. The fraction of sp³-hybridized carbons (Fsp3) is 0.333. The van der Waals surface area contributed by atoms with E-state index in [0.29, 0.717) is 0 Å². The first kappa shape index (κ1) is 11.3. The lowest BCUT2D eigenvalue weighted by Gasteiger charge is -2.15. The van der Waals surface area contributed by atoms with E-state index in [1.165, 1.54) is 19.2 Å². The van der Waals surface area contributed by atoms with Crippen molar-refractivity contribution >= 4 is 11.6 Å². The fourth-order valence-corrected chi connectivity index (χ4v) is 1.33. The molecule has 1 aromatic rings. The predicted octanol–water partition coefficient (Wildman–Crippen LogP) is 3.00. The lowest BCUT2D eigenvalue weighted by atomic mass is 10.1. The van der Waals surface area contributed by atoms with E-state index in [1.807, 2.05) is 0 Å². The van der Waals surface area contributed by atoms with Crippen LogP contribution in [-0.4, -0.2) is 13.5 Å². The van der Waals surface area contributed by atoms with Crippen LogP contribution in [0.25, 0.3) is 0 Å². The normalized spacial score (nSPS) is 13.3. The smallest absolute Gasteiger partial charge is 0.257 e. The number of alkyl halides is 2. The second kappa shape index (κ2) is 4.66. The van der Waals surface area contributed by atoms with Gasteiger partial charge in [-0.05, 0) is 24.7 Å². The van der Waals surface area contributed by atoms with Gasteiger partial charge in [0.1, 0.15) is 5.82 Å². The van der Waals surface area contributed by atoms with Gasteiger partial charge in [-0.1, -0.05) is 17.7 Å². The lowest BCUT2D eigenvalue weighted by Crippen LogP contribution is -2.23. The van der Waals surface area contributed by atoms with Crippen molar-refractivity contribution < 1.29 is 13.2 Å². The Kier molecular flexibility index (Phi) is 3.77. The van der Waals surface area contributed by atoms with Crippen molar-refractivity contribution in [3.63, 3.8) is 0 Å². The zero-order chi connectivity index (χ0) is 10.7. The maximum Gasteiger partial charge on any atom is 0.257 e. The van der Waals surface area contributed by atoms with E-state index in [4.69, 9.17) is 11.6 Å². The summed E-state index contributed by atoms with van der Waals surface area (Å²) in [7, 11) is 1.41. The first-order chi connectivity index (χ1) is 6.56. The highest BCUT2D eigenvalue weighted by atomic mass is 35.5. The average Bonchev–Trinajstić information content (AvgIpc) is 2.11. The molecule has 0 amide bonds. The molecule has 0 aliphatic heterocycles. The number of nitrogens with one attached hydrogen (secondary N) is 1. The standard InChI is InChI=1S/C9H9ClF3N/c1-14-8(9(12)13)5-2-3-7(11)6(10)4-5/h2-4,8-9,14H,1H3. The number of hydrogen-bond acceptors (Lipinski definition) is 1. The number of hydrogen-bond donors (Lipinski definition) is 1. The Morgan fingerprint density at radius 2 is 2.00 bits per heavy atom. The molecule has 0 spiro atoms. The van der Waals surface area contributed by atoms with Crippen molar-refractivity contribution in [3.8, 4) is 0 Å². The highest BCUT2D eigenvalue weighted by molar-refractivity contribution is 6.30. The van der Waals surface area contributed by atoms with Crippen LogP contribution < -0.4 is 5.32 Å². The molecular weight excluding hydrogens is 215 g/mol. The van der Waals surface area contributed by atoms with Gasteiger partial charge in [0.15, 0.2) is 0 Å². The van der Waals surface area contributed by atoms with Crippen LogP contribution in [0.5, 0.6) is 0 Å². The molecule has 1 unspecified atom stereocenters. The van der Waals surface area contributed by atoms with E-state index >= 15 is 0 Å². The van der Waals surface area contributed by atoms with Crippen LogP contribution in [0.4, 0.5) is 13.2 Å². The third kappa shape index (κ3) is 2.39. The van der Waals surface area contributed by atoms with Crippen molar-refractivity contribution in [1.82, 2.24) is 5.32 Å². The Morgan fingerprint density at radius 1 is 1.36 bits per heavy atom. The molecule has 5 heteroatoms. The van der Waals surface area contributed by atoms with Gasteiger partial charge in [0.25, 0.3) is 6.43 Å². The van der Waals surface area contributed by atoms with Crippen LogP contribution in [0.3, 0.4) is 0 Å². The van der Waals surface area contributed by atoms with Crippen molar-refractivity contribution in [3.05, 3.63) is 34.6 Å². The number of benzene rings is 1. The van der Waals surface area contributed by atoms with Gasteiger partial charge in [0.05, 0.1) is 11.1 Å². The van der Waals surface area contributed by atoms with Crippen LogP contribution in [0.1, 0.15) is 11.6 Å². The molecular formula is C9H9ClF3N. The van der Waals surface area contributed by atoms with Crippen LogP contribution in [0.2, 0.25) is 5.02 Å². The van der Waals surface area contributed by atoms with Gasteiger partial charge in [-0.15, -0.1) is 0 Å². The van der Waals surface area contributed by atoms with Crippen LogP contribution >= 0.6 is 11.6 Å². The summed E-state index contributed by atoms with van der Waals surface area (Å²) in [6.45, 7) is 0. The summed E-state index contributed by atoms with van der Waals surface area (Å²) in [5, 5.41) is 2.28. The first-order valence-electron chi connectivity index (χ1n) is 3.96. The Hall–Kier alpha value is -0.740. The van der Waals surface area contributed by atoms with Gasteiger partial charge in [0, 0.05) is 0 Å². The maximum absolute atomic E-state index is 12.7. The molecule has 0 heterocycles. The van der Waals surface area contributed by atoms with Gasteiger partial charge in [0.2, 0.25) is 0 Å². The van der Waals surface area contributed by atoms with Gasteiger partial charge in [-0.2, -0.15) is 0 Å². The maximum atomic E-state index is 12.7. The van der Waals surface area contributed by atoms with Gasteiger partial charge < -0.3 is 5.32 Å². The molecule has 14 heavy (non-hydrogen) atoms. The second-order valence-electron chi connectivity index (χ2n) is 2.77. The quantitative estimate of drug-likeness (QED) is 0.831. The largest absolute Gasteiger partial charge is 0.308 e. The van der Waals surface area contributed by atoms with Crippen molar-refractivity contribution in [2.45, 2.75) is 12.5 Å². The van der Waals surface area contributed by atoms with Crippen LogP contribution in [0, 0.1) is 5.82 Å². The Bertz CT molecular complexity index is 317. The molecule has 1 N–H and O–H groups in total. The summed E-state index contributed by atoms with van der Waals surface area (Å²) in [4.78, 5) is 0. The summed E-state index contributed by atoms with van der Waals surface area (Å²) in [5.41, 5.74) is 0.272. The summed E-state index contributed by atoms with van der Waals surface area (Å²) in [5.74, 6) is -0.612. The van der Waals surface area contributed by atoms with E-state index in [-0.39, 0.29) is 10.6 Å². The highest BCUT2D eigenvalue weighted by Crippen LogP contribution is 2.24. The SMILES string of the molecule is CNC(c1ccc(F)c(Cl)c1)C(F)F. The minimum Gasteiger partial charge on any atom is -0.308 e. The van der Waals surface area contributed by atoms with Gasteiger partial charge >= 0.3 is 0 Å². The Balaban J connectivity index is 3.00. The number of rotatable bonds is 3. The predicted molar refractivity (Wildman–Crippen MR) is 49.2 cm³/mol. The molecule has 78 valence electrons. The molecule has 0 saturated carbocycles. The van der Waals surface area contributed by atoms with E-state index in [2.05, 4.69) is 5.32 Å². The topological polar surface area (TPSA) is 12.0 Å². The highest BCUT2D eigenvalue weighted by Gasteiger charge is 2.20. The van der Waals surface area contributed by atoms with Crippen LogP contribution in [-0.2, 0) is 0 Å². The molecule has 1 aromatic carbocycles. The molecule has 0 aliphatic carbocycles. The summed E-state index contributed by atoms with van der Waals surface area (Å²) >= 11 is 5.47. The summed E-state index contributed by atoms with van der Waals surface area (Å²) < 4.78 is 37.6. The average molecular weight is 224 g/mol. The Morgan fingerprint density at radius 3 is 2.43 bits per heavy atom. The molecule has 0 bridgehead atoms. The van der Waals surface area contributed by atoms with Gasteiger partial charge in [-0.3, -0.25) is 0 Å². The lowest BCUT2D eigenvalue weighted by molar-refractivity contribution is 0.102. The van der Waals surface area contributed by atoms with Crippen LogP contribution in [0.15, 0.2) is 18.2 Å². The third-order valence-electron chi connectivity index (χ3n) is 1.87. The fourth-order valence-electron chi connectivity index (χ4n) is 1.14. The number of halogens is 4. The molecule has 0 radical (unpaired) electrons. The molecule has 0 fully saturated rings. The molecule has 0 saturated heterocycles. The summed E-state index contributed by atoms with van der Waals surface area (Å²) in [6.07, 6.45) is -2.55. The van der Waals surface area contributed by atoms with E-state index in [0.717, 1.165) is 6.07 Å². The van der Waals surface area contributed by atoms with Crippen molar-refractivity contribution in [2.24, 2.45) is 0 Å². The molecule has 1 atom stereocenters. The minimum absolute atomic E-state index is 0.150. The monoisotopic (exact) mass is 223 g/mol. The van der Waals surface area contributed by atoms with E-state index in [9.17, 15) is 13.2 Å². The molecule has 1 rings (SSSR count). The minimum atomic E-state index is -2.55.